The van der Waals surface area contributed by atoms with E-state index in [1.807, 2.05) is 39.0 Å². The standard InChI is InChI=1S/C26H22O6S/c1-15-10-25(28)32-24-12-20(8-9-21(15)24)30-13-18-4-6-19(7-5-18)26(29)31-14-23(27)22-11-16(2)33-17(22)3/h4-12H,13-14H2,1-3H3. The lowest BCUT2D eigenvalue weighted by atomic mass is 10.1. The van der Waals surface area contributed by atoms with E-state index >= 15 is 0 Å². The minimum Gasteiger partial charge on any atom is -0.489 e. The van der Waals surface area contributed by atoms with Crippen LogP contribution >= 0.6 is 11.3 Å². The highest BCUT2D eigenvalue weighted by atomic mass is 32.1. The molecule has 2 aromatic carbocycles. The highest BCUT2D eigenvalue weighted by Crippen LogP contribution is 2.23. The van der Waals surface area contributed by atoms with Gasteiger partial charge in [0.15, 0.2) is 6.61 Å². The lowest BCUT2D eigenvalue weighted by Gasteiger charge is -2.09. The van der Waals surface area contributed by atoms with E-state index in [2.05, 4.69) is 0 Å². The Hall–Kier alpha value is -3.71. The largest absolute Gasteiger partial charge is 0.489 e. The van der Waals surface area contributed by atoms with Gasteiger partial charge in [0.05, 0.1) is 5.56 Å². The molecule has 2 aromatic heterocycles. The van der Waals surface area contributed by atoms with Crippen LogP contribution in [0, 0.1) is 20.8 Å². The number of esters is 1. The van der Waals surface area contributed by atoms with E-state index in [0.717, 1.165) is 26.3 Å². The number of hydrogen-bond donors (Lipinski definition) is 0. The summed E-state index contributed by atoms with van der Waals surface area (Å²) in [5.41, 5.74) is 2.71. The van der Waals surface area contributed by atoms with E-state index in [9.17, 15) is 14.4 Å². The molecule has 7 heteroatoms. The SMILES string of the molecule is Cc1cc(C(=O)COC(=O)c2ccc(COc3ccc4c(C)cc(=O)oc4c3)cc2)c(C)s1. The summed E-state index contributed by atoms with van der Waals surface area (Å²) in [5, 5.41) is 0.854. The van der Waals surface area contributed by atoms with Gasteiger partial charge in [-0.15, -0.1) is 11.3 Å². The number of aryl methyl sites for hydroxylation is 3. The Morgan fingerprint density at radius 3 is 2.42 bits per heavy atom. The second kappa shape index (κ2) is 9.42. The minimum absolute atomic E-state index is 0.211. The van der Waals surface area contributed by atoms with Crippen molar-refractivity contribution in [2.45, 2.75) is 27.4 Å². The maximum atomic E-state index is 12.3. The molecule has 0 aliphatic heterocycles. The first-order valence-corrected chi connectivity index (χ1v) is 11.2. The molecule has 0 N–H and O–H groups in total. The summed E-state index contributed by atoms with van der Waals surface area (Å²) < 4.78 is 16.2. The van der Waals surface area contributed by atoms with Crippen LogP contribution < -0.4 is 10.4 Å². The van der Waals surface area contributed by atoms with E-state index in [-0.39, 0.29) is 19.0 Å². The van der Waals surface area contributed by atoms with Crippen LogP contribution in [0.3, 0.4) is 0 Å². The topological polar surface area (TPSA) is 82.8 Å². The molecule has 0 aliphatic rings. The number of fused-ring (bicyclic) bond motifs is 1. The van der Waals surface area contributed by atoms with Gasteiger partial charge in [-0.25, -0.2) is 9.59 Å². The third-order valence-electron chi connectivity index (χ3n) is 5.19. The van der Waals surface area contributed by atoms with Crippen LogP contribution in [0.5, 0.6) is 5.75 Å². The third-order valence-corrected chi connectivity index (χ3v) is 6.16. The molecule has 0 amide bonds. The Morgan fingerprint density at radius 1 is 0.970 bits per heavy atom. The average molecular weight is 463 g/mol. The van der Waals surface area contributed by atoms with Gasteiger partial charge < -0.3 is 13.9 Å². The number of ether oxygens (including phenoxy) is 2. The first-order valence-electron chi connectivity index (χ1n) is 10.3. The van der Waals surface area contributed by atoms with E-state index < -0.39 is 11.6 Å². The predicted molar refractivity (Wildman–Crippen MR) is 126 cm³/mol. The average Bonchev–Trinajstić information content (AvgIpc) is 3.13. The van der Waals surface area contributed by atoms with Crippen molar-refractivity contribution in [1.29, 1.82) is 0 Å². The lowest BCUT2D eigenvalue weighted by Crippen LogP contribution is -2.14. The molecule has 6 nitrogen and oxygen atoms in total. The molecule has 0 unspecified atom stereocenters. The molecule has 0 fully saturated rings. The summed E-state index contributed by atoms with van der Waals surface area (Å²) in [4.78, 5) is 38.2. The van der Waals surface area contributed by atoms with Gasteiger partial charge in [0, 0.05) is 32.8 Å². The van der Waals surface area contributed by atoms with Crippen LogP contribution in [0.25, 0.3) is 11.0 Å². The number of ketones is 1. The number of Topliss-reactive ketones (excluding diaryl/α,β-unsaturated/α-hetero) is 1. The van der Waals surface area contributed by atoms with Gasteiger partial charge >= 0.3 is 11.6 Å². The molecule has 4 rings (SSSR count). The van der Waals surface area contributed by atoms with Crippen LogP contribution in [0.1, 0.15) is 41.6 Å². The molecule has 0 saturated heterocycles. The molecule has 0 spiro atoms. The molecular formula is C26H22O6S. The van der Waals surface area contributed by atoms with Crippen LogP contribution in [0.4, 0.5) is 0 Å². The Labute approximate surface area is 194 Å². The summed E-state index contributed by atoms with van der Waals surface area (Å²) in [7, 11) is 0. The van der Waals surface area contributed by atoms with Gasteiger partial charge in [0.1, 0.15) is 17.9 Å². The minimum atomic E-state index is -0.555. The van der Waals surface area contributed by atoms with Gasteiger partial charge in [0.25, 0.3) is 0 Å². The van der Waals surface area contributed by atoms with Crippen molar-refractivity contribution in [2.75, 3.05) is 6.61 Å². The molecule has 0 aliphatic carbocycles. The van der Waals surface area contributed by atoms with Crippen LogP contribution in [-0.4, -0.2) is 18.4 Å². The smallest absolute Gasteiger partial charge is 0.338 e. The number of rotatable bonds is 7. The fourth-order valence-corrected chi connectivity index (χ4v) is 4.44. The summed E-state index contributed by atoms with van der Waals surface area (Å²) in [6.45, 7) is 5.64. The maximum absolute atomic E-state index is 12.3. The van der Waals surface area contributed by atoms with E-state index in [0.29, 0.717) is 22.5 Å². The molecule has 0 radical (unpaired) electrons. The number of carbonyl (C=O) groups excluding carboxylic acids is 2. The second-order valence-corrected chi connectivity index (χ2v) is 9.18. The fourth-order valence-electron chi connectivity index (χ4n) is 3.50. The second-order valence-electron chi connectivity index (χ2n) is 7.72. The Bertz CT molecular complexity index is 1390. The summed E-state index contributed by atoms with van der Waals surface area (Å²) in [5.74, 6) is -0.200. The van der Waals surface area contributed by atoms with Crippen molar-refractivity contribution in [3.8, 4) is 5.75 Å². The molecule has 0 atom stereocenters. The predicted octanol–water partition coefficient (Wildman–Crippen LogP) is 5.40. The van der Waals surface area contributed by atoms with Gasteiger partial charge in [-0.1, -0.05) is 12.1 Å². The first kappa shape index (κ1) is 22.5. The molecule has 168 valence electrons. The van der Waals surface area contributed by atoms with E-state index in [1.54, 1.807) is 41.7 Å². The quantitative estimate of drug-likeness (QED) is 0.208. The van der Waals surface area contributed by atoms with Crippen molar-refractivity contribution in [2.24, 2.45) is 0 Å². The van der Waals surface area contributed by atoms with Gasteiger partial charge in [-0.2, -0.15) is 0 Å². The summed E-state index contributed by atoms with van der Waals surface area (Å²) in [6.07, 6.45) is 0. The zero-order valence-electron chi connectivity index (χ0n) is 18.5. The summed E-state index contributed by atoms with van der Waals surface area (Å²) in [6, 6.07) is 15.4. The Balaban J connectivity index is 1.34. The normalized spacial score (nSPS) is 10.9. The van der Waals surface area contributed by atoms with Crippen LogP contribution in [0.15, 0.2) is 63.8 Å². The molecule has 2 heterocycles. The van der Waals surface area contributed by atoms with E-state index in [4.69, 9.17) is 13.9 Å². The third kappa shape index (κ3) is 5.21. The van der Waals surface area contributed by atoms with Gasteiger partial charge in [0.2, 0.25) is 5.78 Å². The molecule has 0 saturated carbocycles. The van der Waals surface area contributed by atoms with Crippen molar-refractivity contribution < 1.29 is 23.5 Å². The van der Waals surface area contributed by atoms with Crippen molar-refractivity contribution in [3.63, 3.8) is 0 Å². The van der Waals surface area contributed by atoms with Gasteiger partial charge in [-0.3, -0.25) is 4.79 Å². The highest BCUT2D eigenvalue weighted by Gasteiger charge is 2.15. The lowest BCUT2D eigenvalue weighted by molar-refractivity contribution is 0.0474. The Kier molecular flexibility index (Phi) is 6.42. The fraction of sp³-hybridized carbons (Fsp3) is 0.192. The zero-order valence-corrected chi connectivity index (χ0v) is 19.3. The monoisotopic (exact) mass is 462 g/mol. The Morgan fingerprint density at radius 2 is 1.73 bits per heavy atom. The van der Waals surface area contributed by atoms with Crippen molar-refractivity contribution in [1.82, 2.24) is 0 Å². The van der Waals surface area contributed by atoms with E-state index in [1.165, 1.54) is 6.07 Å². The molecular weight excluding hydrogens is 440 g/mol. The van der Waals surface area contributed by atoms with Crippen molar-refractivity contribution >= 4 is 34.1 Å². The van der Waals surface area contributed by atoms with Crippen molar-refractivity contribution in [3.05, 3.63) is 97.0 Å². The van der Waals surface area contributed by atoms with Crippen LogP contribution in [-0.2, 0) is 11.3 Å². The number of thiophene rings is 1. The van der Waals surface area contributed by atoms with Gasteiger partial charge in [-0.05, 0) is 62.2 Å². The first-order chi connectivity index (χ1) is 15.8. The summed E-state index contributed by atoms with van der Waals surface area (Å²) >= 11 is 1.54. The number of benzene rings is 2. The molecule has 4 aromatic rings. The number of hydrogen-bond acceptors (Lipinski definition) is 7. The maximum Gasteiger partial charge on any atom is 0.338 e. The molecule has 0 bridgehead atoms. The zero-order chi connectivity index (χ0) is 23.5. The number of carbonyl (C=O) groups is 2. The molecule has 33 heavy (non-hydrogen) atoms. The van der Waals surface area contributed by atoms with Crippen LogP contribution in [0.2, 0.25) is 0 Å². The highest BCUT2D eigenvalue weighted by molar-refractivity contribution is 7.12.